The summed E-state index contributed by atoms with van der Waals surface area (Å²) in [6.45, 7) is 9.37. The highest BCUT2D eigenvalue weighted by Gasteiger charge is 2.41. The van der Waals surface area contributed by atoms with Gasteiger partial charge in [0.2, 0.25) is 5.91 Å². The van der Waals surface area contributed by atoms with Gasteiger partial charge >= 0.3 is 0 Å². The van der Waals surface area contributed by atoms with E-state index in [1.165, 1.54) is 0 Å². The summed E-state index contributed by atoms with van der Waals surface area (Å²) in [7, 11) is 0. The Kier molecular flexibility index (Phi) is 8.07. The fraction of sp³-hybridized carbons (Fsp3) is 0.467. The van der Waals surface area contributed by atoms with Gasteiger partial charge in [0, 0.05) is 42.3 Å². The average Bonchev–Trinajstić information content (AvgIpc) is 3.01. The minimum absolute atomic E-state index is 0.0617. The van der Waals surface area contributed by atoms with Crippen molar-refractivity contribution in [3.8, 4) is 0 Å². The second kappa shape index (κ2) is 11.5. The quantitative estimate of drug-likeness (QED) is 0.495. The summed E-state index contributed by atoms with van der Waals surface area (Å²) in [5, 5.41) is 7.35. The molecule has 2 N–H and O–H groups in total. The first kappa shape index (κ1) is 26.7. The highest BCUT2D eigenvalue weighted by atomic mass is 35.5. The SMILES string of the molecule is CC1(C)CC(=O)C2=C(C1)Nc1ccccc1N(CC(=O)NCCCN1CCOCC1)C2c1ccc(Cl)cc1. The molecule has 2 aliphatic heterocycles. The fourth-order valence-corrected chi connectivity index (χ4v) is 5.91. The van der Waals surface area contributed by atoms with Crippen molar-refractivity contribution >= 4 is 34.7 Å². The van der Waals surface area contributed by atoms with Crippen LogP contribution < -0.4 is 15.5 Å². The van der Waals surface area contributed by atoms with E-state index in [9.17, 15) is 9.59 Å². The Hall–Kier alpha value is -2.87. The summed E-state index contributed by atoms with van der Waals surface area (Å²) in [5.74, 6) is 0.0563. The largest absolute Gasteiger partial charge is 0.379 e. The molecular formula is C30H37ClN4O3. The minimum atomic E-state index is -0.402. The van der Waals surface area contributed by atoms with E-state index in [2.05, 4.69) is 34.3 Å². The van der Waals surface area contributed by atoms with Crippen molar-refractivity contribution in [3.63, 3.8) is 0 Å². The van der Waals surface area contributed by atoms with Gasteiger partial charge in [-0.3, -0.25) is 14.5 Å². The van der Waals surface area contributed by atoms with Crippen molar-refractivity contribution < 1.29 is 14.3 Å². The Labute approximate surface area is 230 Å². The Morgan fingerprint density at radius 2 is 1.84 bits per heavy atom. The lowest BCUT2D eigenvalue weighted by atomic mass is 9.73. The van der Waals surface area contributed by atoms with Crippen molar-refractivity contribution in [1.29, 1.82) is 0 Å². The number of hydrogen-bond acceptors (Lipinski definition) is 6. The Balaban J connectivity index is 1.44. The van der Waals surface area contributed by atoms with Gasteiger partial charge in [-0.25, -0.2) is 0 Å². The van der Waals surface area contributed by atoms with Crippen molar-refractivity contribution in [3.05, 3.63) is 70.4 Å². The highest BCUT2D eigenvalue weighted by molar-refractivity contribution is 6.30. The number of ketones is 1. The topological polar surface area (TPSA) is 73.9 Å². The maximum absolute atomic E-state index is 13.7. The van der Waals surface area contributed by atoms with Crippen LogP contribution in [-0.4, -0.2) is 62.5 Å². The zero-order chi connectivity index (χ0) is 26.7. The summed E-state index contributed by atoms with van der Waals surface area (Å²) in [4.78, 5) is 31.5. The van der Waals surface area contributed by atoms with Crippen LogP contribution in [-0.2, 0) is 14.3 Å². The van der Waals surface area contributed by atoms with Crippen LogP contribution in [0.15, 0.2) is 59.8 Å². The predicted octanol–water partition coefficient (Wildman–Crippen LogP) is 4.79. The highest BCUT2D eigenvalue weighted by Crippen LogP contribution is 2.48. The molecule has 1 aliphatic carbocycles. The number of halogens is 1. The molecule has 38 heavy (non-hydrogen) atoms. The second-order valence-corrected chi connectivity index (χ2v) is 11.7. The van der Waals surface area contributed by atoms with E-state index in [-0.39, 0.29) is 23.7 Å². The molecule has 0 spiro atoms. The molecule has 0 aromatic heterocycles. The van der Waals surface area contributed by atoms with Crippen LogP contribution in [0.25, 0.3) is 0 Å². The van der Waals surface area contributed by atoms with Crippen LogP contribution in [0.3, 0.4) is 0 Å². The average molecular weight is 537 g/mol. The van der Waals surface area contributed by atoms with Crippen LogP contribution in [0.4, 0.5) is 11.4 Å². The molecule has 7 nitrogen and oxygen atoms in total. The van der Waals surface area contributed by atoms with E-state index in [0.717, 1.165) is 73.9 Å². The molecule has 1 amide bonds. The molecule has 8 heteroatoms. The number of carbonyl (C=O) groups is 2. The smallest absolute Gasteiger partial charge is 0.239 e. The van der Waals surface area contributed by atoms with E-state index in [4.69, 9.17) is 16.3 Å². The first-order valence-electron chi connectivity index (χ1n) is 13.5. The zero-order valence-corrected chi connectivity index (χ0v) is 23.0. The number of nitrogens with one attached hydrogen (secondary N) is 2. The molecule has 1 saturated heterocycles. The van der Waals surface area contributed by atoms with Gasteiger partial charge in [-0.05, 0) is 54.6 Å². The maximum atomic E-state index is 13.7. The molecule has 3 aliphatic rings. The van der Waals surface area contributed by atoms with Crippen molar-refractivity contribution in [2.45, 2.75) is 39.2 Å². The summed E-state index contributed by atoms with van der Waals surface area (Å²) in [5.41, 5.74) is 4.27. The molecule has 202 valence electrons. The van der Waals surface area contributed by atoms with Crippen molar-refractivity contribution in [2.24, 2.45) is 5.41 Å². The van der Waals surface area contributed by atoms with Crippen LogP contribution >= 0.6 is 11.6 Å². The number of morpholine rings is 1. The van der Waals surface area contributed by atoms with Crippen LogP contribution in [0.1, 0.15) is 44.7 Å². The van der Waals surface area contributed by atoms with Gasteiger partial charge in [0.05, 0.1) is 37.2 Å². The van der Waals surface area contributed by atoms with Gasteiger partial charge in [0.1, 0.15) is 0 Å². The zero-order valence-electron chi connectivity index (χ0n) is 22.3. The predicted molar refractivity (Wildman–Crippen MR) is 152 cm³/mol. The number of para-hydroxylation sites is 2. The lowest BCUT2D eigenvalue weighted by Crippen LogP contribution is -2.43. The van der Waals surface area contributed by atoms with Crippen molar-refractivity contribution in [1.82, 2.24) is 10.2 Å². The van der Waals surface area contributed by atoms with Gasteiger partial charge < -0.3 is 20.3 Å². The van der Waals surface area contributed by atoms with E-state index in [0.29, 0.717) is 18.0 Å². The van der Waals surface area contributed by atoms with E-state index < -0.39 is 6.04 Å². The number of anilines is 2. The number of Topliss-reactive ketones (excluding diaryl/α,β-unsaturated/α-hetero) is 1. The molecular weight excluding hydrogens is 500 g/mol. The molecule has 1 fully saturated rings. The van der Waals surface area contributed by atoms with E-state index >= 15 is 0 Å². The third-order valence-corrected chi connectivity index (χ3v) is 7.83. The lowest BCUT2D eigenvalue weighted by Gasteiger charge is -2.38. The van der Waals surface area contributed by atoms with E-state index in [1.54, 1.807) is 0 Å². The second-order valence-electron chi connectivity index (χ2n) is 11.2. The fourth-order valence-electron chi connectivity index (χ4n) is 5.78. The number of amides is 1. The molecule has 5 rings (SSSR count). The van der Waals surface area contributed by atoms with Crippen LogP contribution in [0, 0.1) is 5.41 Å². The molecule has 2 heterocycles. The third-order valence-electron chi connectivity index (χ3n) is 7.58. The van der Waals surface area contributed by atoms with Crippen LogP contribution in [0.5, 0.6) is 0 Å². The number of ether oxygens (including phenoxy) is 1. The Bertz CT molecular complexity index is 1200. The first-order chi connectivity index (χ1) is 18.3. The minimum Gasteiger partial charge on any atom is -0.379 e. The Morgan fingerprint density at radius 1 is 1.11 bits per heavy atom. The molecule has 1 unspecified atom stereocenters. The summed E-state index contributed by atoms with van der Waals surface area (Å²) in [6, 6.07) is 15.2. The summed E-state index contributed by atoms with van der Waals surface area (Å²) >= 11 is 6.24. The Morgan fingerprint density at radius 3 is 2.61 bits per heavy atom. The molecule has 1 atom stereocenters. The van der Waals surface area contributed by atoms with Crippen LogP contribution in [0.2, 0.25) is 5.02 Å². The first-order valence-corrected chi connectivity index (χ1v) is 13.9. The number of fused-ring (bicyclic) bond motifs is 1. The molecule has 2 aromatic rings. The lowest BCUT2D eigenvalue weighted by molar-refractivity contribution is -0.120. The van der Waals surface area contributed by atoms with Gasteiger partial charge in [-0.2, -0.15) is 0 Å². The van der Waals surface area contributed by atoms with Gasteiger partial charge in [-0.1, -0.05) is 49.7 Å². The molecule has 2 aromatic carbocycles. The van der Waals surface area contributed by atoms with Gasteiger partial charge in [0.25, 0.3) is 0 Å². The number of rotatable bonds is 7. The third kappa shape index (κ3) is 6.06. The number of carbonyl (C=O) groups excluding carboxylic acids is 2. The standard InChI is InChI=1S/C30H37ClN4O3/c1-30(2)18-24-28(26(36)19-30)29(21-8-10-22(31)11-9-21)35(25-7-4-3-6-23(25)33-24)20-27(37)32-12-5-13-34-14-16-38-17-15-34/h3-4,6-11,29,33H,5,12-20H2,1-2H3,(H,32,37). The molecule has 0 radical (unpaired) electrons. The number of nitrogens with zero attached hydrogens (tertiary/aromatic N) is 2. The summed E-state index contributed by atoms with van der Waals surface area (Å²) < 4.78 is 5.42. The van der Waals surface area contributed by atoms with Crippen molar-refractivity contribution in [2.75, 3.05) is 56.2 Å². The van der Waals surface area contributed by atoms with E-state index in [1.807, 2.05) is 48.5 Å². The number of allylic oxidation sites excluding steroid dienone is 1. The maximum Gasteiger partial charge on any atom is 0.239 e. The van der Waals surface area contributed by atoms with Gasteiger partial charge in [0.15, 0.2) is 5.78 Å². The summed E-state index contributed by atoms with van der Waals surface area (Å²) in [6.07, 6.45) is 2.11. The van der Waals surface area contributed by atoms with Gasteiger partial charge in [-0.15, -0.1) is 0 Å². The number of benzene rings is 2. The molecule has 0 saturated carbocycles. The monoisotopic (exact) mass is 536 g/mol. The molecule has 0 bridgehead atoms. The normalized spacial score (nSPS) is 21.3. The number of hydrogen-bond donors (Lipinski definition) is 2.